The van der Waals surface area contributed by atoms with Gasteiger partial charge in [0, 0.05) is 12.5 Å². The molecule has 0 aliphatic rings. The fourth-order valence-corrected chi connectivity index (χ4v) is 1.68. The van der Waals surface area contributed by atoms with E-state index >= 15 is 0 Å². The SMILES string of the molecule is COC(=CC(=O)C(Cl)(Cl)Cl)CCc1ccc(OC)cc1. The van der Waals surface area contributed by atoms with E-state index in [1.807, 2.05) is 24.3 Å². The highest BCUT2D eigenvalue weighted by Crippen LogP contribution is 2.28. The van der Waals surface area contributed by atoms with Gasteiger partial charge in [0.2, 0.25) is 5.78 Å². The van der Waals surface area contributed by atoms with Crippen molar-refractivity contribution in [2.75, 3.05) is 14.2 Å². The highest BCUT2D eigenvalue weighted by Gasteiger charge is 2.29. The van der Waals surface area contributed by atoms with Gasteiger partial charge in [0.25, 0.3) is 3.79 Å². The predicted molar refractivity (Wildman–Crippen MR) is 81.7 cm³/mol. The van der Waals surface area contributed by atoms with Crippen LogP contribution < -0.4 is 4.74 Å². The molecule has 0 heterocycles. The van der Waals surface area contributed by atoms with Gasteiger partial charge < -0.3 is 9.47 Å². The number of rotatable bonds is 6. The number of halogens is 3. The third-order valence-corrected chi connectivity index (χ3v) is 3.21. The first-order chi connectivity index (χ1) is 9.36. The number of ketones is 1. The zero-order chi connectivity index (χ0) is 15.2. The van der Waals surface area contributed by atoms with E-state index in [4.69, 9.17) is 44.3 Å². The minimum Gasteiger partial charge on any atom is -0.501 e. The summed E-state index contributed by atoms with van der Waals surface area (Å²) in [5.74, 6) is 0.647. The number of allylic oxidation sites excluding steroid dienone is 2. The highest BCUT2D eigenvalue weighted by molar-refractivity contribution is 6.77. The lowest BCUT2D eigenvalue weighted by Crippen LogP contribution is -2.16. The van der Waals surface area contributed by atoms with Gasteiger partial charge in [0.1, 0.15) is 5.75 Å². The number of alkyl halides is 3. The molecule has 0 aliphatic carbocycles. The van der Waals surface area contributed by atoms with E-state index in [9.17, 15) is 4.79 Å². The summed E-state index contributed by atoms with van der Waals surface area (Å²) in [6.07, 6.45) is 2.46. The molecule has 0 saturated heterocycles. The molecule has 20 heavy (non-hydrogen) atoms. The number of hydrogen-bond donors (Lipinski definition) is 0. The van der Waals surface area contributed by atoms with Crippen molar-refractivity contribution in [3.05, 3.63) is 41.7 Å². The topological polar surface area (TPSA) is 35.5 Å². The lowest BCUT2D eigenvalue weighted by molar-refractivity contribution is -0.114. The van der Waals surface area contributed by atoms with Crippen LogP contribution in [0, 0.1) is 0 Å². The first kappa shape index (κ1) is 17.2. The molecule has 6 heteroatoms. The van der Waals surface area contributed by atoms with Crippen LogP contribution in [-0.4, -0.2) is 23.8 Å². The fraction of sp³-hybridized carbons (Fsp3) is 0.357. The second kappa shape index (κ2) is 7.77. The Balaban J connectivity index is 2.65. The molecule has 1 aromatic carbocycles. The van der Waals surface area contributed by atoms with E-state index in [-0.39, 0.29) is 0 Å². The molecule has 3 nitrogen and oxygen atoms in total. The van der Waals surface area contributed by atoms with Gasteiger partial charge in [-0.25, -0.2) is 0 Å². The average molecular weight is 338 g/mol. The lowest BCUT2D eigenvalue weighted by atomic mass is 10.1. The van der Waals surface area contributed by atoms with Crippen molar-refractivity contribution in [3.63, 3.8) is 0 Å². The van der Waals surface area contributed by atoms with Crippen LogP contribution in [0.1, 0.15) is 12.0 Å². The van der Waals surface area contributed by atoms with Crippen molar-refractivity contribution < 1.29 is 14.3 Å². The number of aryl methyl sites for hydroxylation is 1. The van der Waals surface area contributed by atoms with Gasteiger partial charge >= 0.3 is 0 Å². The van der Waals surface area contributed by atoms with Crippen LogP contribution in [0.15, 0.2) is 36.1 Å². The van der Waals surface area contributed by atoms with E-state index in [1.54, 1.807) is 7.11 Å². The average Bonchev–Trinajstić information content (AvgIpc) is 2.42. The summed E-state index contributed by atoms with van der Waals surface area (Å²) >= 11 is 16.5. The van der Waals surface area contributed by atoms with Gasteiger partial charge in [0.05, 0.1) is 20.0 Å². The molecular formula is C14H15Cl3O3. The van der Waals surface area contributed by atoms with Crippen LogP contribution in [0.4, 0.5) is 0 Å². The third-order valence-electron chi connectivity index (χ3n) is 2.65. The first-order valence-corrected chi connectivity index (χ1v) is 6.99. The van der Waals surface area contributed by atoms with E-state index in [0.29, 0.717) is 18.6 Å². The highest BCUT2D eigenvalue weighted by atomic mass is 35.6. The Bertz CT molecular complexity index is 475. The van der Waals surface area contributed by atoms with Gasteiger partial charge in [-0.15, -0.1) is 0 Å². The number of carbonyl (C=O) groups is 1. The zero-order valence-corrected chi connectivity index (χ0v) is 13.4. The summed E-state index contributed by atoms with van der Waals surface area (Å²) in [6.45, 7) is 0. The normalized spacial score (nSPS) is 12.2. The molecule has 0 fully saturated rings. The largest absolute Gasteiger partial charge is 0.501 e. The van der Waals surface area contributed by atoms with Crippen LogP contribution >= 0.6 is 34.8 Å². The van der Waals surface area contributed by atoms with Crippen LogP contribution in [0.2, 0.25) is 0 Å². The quantitative estimate of drug-likeness (QED) is 0.445. The van der Waals surface area contributed by atoms with Gasteiger partial charge in [-0.3, -0.25) is 4.79 Å². The fourth-order valence-electron chi connectivity index (χ4n) is 1.52. The lowest BCUT2D eigenvalue weighted by Gasteiger charge is -2.09. The van der Waals surface area contributed by atoms with Crippen molar-refractivity contribution in [1.82, 2.24) is 0 Å². The monoisotopic (exact) mass is 336 g/mol. The van der Waals surface area contributed by atoms with Crippen molar-refractivity contribution in [2.24, 2.45) is 0 Å². The summed E-state index contributed by atoms with van der Waals surface area (Å²) in [5, 5.41) is 0. The third kappa shape index (κ3) is 5.61. The molecule has 0 N–H and O–H groups in total. The maximum absolute atomic E-state index is 11.6. The molecular weight excluding hydrogens is 323 g/mol. The molecule has 0 amide bonds. The first-order valence-electron chi connectivity index (χ1n) is 5.85. The number of methoxy groups -OCH3 is 2. The molecule has 0 saturated carbocycles. The Hall–Kier alpha value is -0.900. The van der Waals surface area contributed by atoms with Crippen LogP contribution in [0.5, 0.6) is 5.75 Å². The Morgan fingerprint density at radius 3 is 2.25 bits per heavy atom. The Morgan fingerprint density at radius 1 is 1.20 bits per heavy atom. The van der Waals surface area contributed by atoms with Gasteiger partial charge in [-0.05, 0) is 24.1 Å². The van der Waals surface area contributed by atoms with Gasteiger partial charge in [-0.2, -0.15) is 0 Å². The molecule has 0 bridgehead atoms. The summed E-state index contributed by atoms with van der Waals surface area (Å²) in [6, 6.07) is 7.64. The number of benzene rings is 1. The second-order valence-corrected chi connectivity index (χ2v) is 6.31. The smallest absolute Gasteiger partial charge is 0.252 e. The van der Waals surface area contributed by atoms with Gasteiger partial charge in [-0.1, -0.05) is 46.9 Å². The van der Waals surface area contributed by atoms with Crippen molar-refractivity contribution in [1.29, 1.82) is 0 Å². The summed E-state index contributed by atoms with van der Waals surface area (Å²) in [4.78, 5) is 11.6. The number of ether oxygens (including phenoxy) is 2. The van der Waals surface area contributed by atoms with Crippen molar-refractivity contribution >= 4 is 40.6 Å². The molecule has 1 rings (SSSR count). The van der Waals surface area contributed by atoms with E-state index in [1.165, 1.54) is 13.2 Å². The van der Waals surface area contributed by atoms with E-state index in [0.717, 1.165) is 11.3 Å². The van der Waals surface area contributed by atoms with E-state index in [2.05, 4.69) is 0 Å². The standard InChI is InChI=1S/C14H15Cl3O3/c1-19-11-6-3-10(4-7-11)5-8-12(20-2)9-13(18)14(15,16)17/h3-4,6-7,9H,5,8H2,1-2H3. The predicted octanol–water partition coefficient (Wildman–Crippen LogP) is 4.10. The summed E-state index contributed by atoms with van der Waals surface area (Å²) in [7, 11) is 3.09. The Morgan fingerprint density at radius 2 is 1.80 bits per heavy atom. The van der Waals surface area contributed by atoms with Crippen LogP contribution in [0.3, 0.4) is 0 Å². The second-order valence-electron chi connectivity index (χ2n) is 4.02. The van der Waals surface area contributed by atoms with Crippen LogP contribution in [-0.2, 0) is 16.0 Å². The Kier molecular flexibility index (Phi) is 6.66. The van der Waals surface area contributed by atoms with Crippen molar-refractivity contribution in [2.45, 2.75) is 16.6 Å². The minimum atomic E-state index is -1.95. The number of hydrogen-bond acceptors (Lipinski definition) is 3. The molecule has 0 aliphatic heterocycles. The summed E-state index contributed by atoms with van der Waals surface area (Å²) < 4.78 is 8.25. The molecule has 0 spiro atoms. The molecule has 0 radical (unpaired) electrons. The number of carbonyl (C=O) groups excluding carboxylic acids is 1. The molecule has 1 aromatic rings. The summed E-state index contributed by atoms with van der Waals surface area (Å²) in [5.41, 5.74) is 1.09. The molecule has 0 atom stereocenters. The van der Waals surface area contributed by atoms with Crippen molar-refractivity contribution in [3.8, 4) is 5.75 Å². The zero-order valence-electron chi connectivity index (χ0n) is 11.2. The van der Waals surface area contributed by atoms with Crippen LogP contribution in [0.25, 0.3) is 0 Å². The maximum atomic E-state index is 11.6. The van der Waals surface area contributed by atoms with E-state index < -0.39 is 9.58 Å². The molecule has 0 aromatic heterocycles. The maximum Gasteiger partial charge on any atom is 0.252 e. The molecule has 0 unspecified atom stereocenters. The van der Waals surface area contributed by atoms with Gasteiger partial charge in [0.15, 0.2) is 0 Å². The molecule has 110 valence electrons. The Labute approximate surface area is 133 Å². The minimum absolute atomic E-state index is 0.470.